The van der Waals surface area contributed by atoms with E-state index in [-0.39, 0.29) is 23.1 Å². The highest BCUT2D eigenvalue weighted by Crippen LogP contribution is 2.52. The van der Waals surface area contributed by atoms with Gasteiger partial charge in [0.1, 0.15) is 0 Å². The second-order valence-corrected chi connectivity index (χ2v) is 8.08. The van der Waals surface area contributed by atoms with Crippen LogP contribution in [0.25, 0.3) is 0 Å². The smallest absolute Gasteiger partial charge is 0.235 e. The van der Waals surface area contributed by atoms with Gasteiger partial charge in [-0.3, -0.25) is 9.59 Å². The lowest BCUT2D eigenvalue weighted by Crippen LogP contribution is -2.50. The lowest BCUT2D eigenvalue weighted by Gasteiger charge is -2.39. The van der Waals surface area contributed by atoms with Crippen LogP contribution in [0.2, 0.25) is 0 Å². The van der Waals surface area contributed by atoms with E-state index in [9.17, 15) is 9.59 Å². The number of likely N-dealkylation sites (tertiary alicyclic amines) is 1. The molecule has 4 aliphatic rings. The van der Waals surface area contributed by atoms with Gasteiger partial charge in [-0.2, -0.15) is 0 Å². The Morgan fingerprint density at radius 1 is 1.08 bits per heavy atom. The molecule has 1 saturated carbocycles. The van der Waals surface area contributed by atoms with Gasteiger partial charge in [0.05, 0.1) is 18.6 Å². The average Bonchev–Trinajstić information content (AvgIpc) is 2.97. The maximum Gasteiger partial charge on any atom is 0.235 e. The highest BCUT2D eigenvalue weighted by Gasteiger charge is 2.60. The van der Waals surface area contributed by atoms with Crippen LogP contribution in [0.3, 0.4) is 0 Å². The SMILES string of the molecule is O=C(C1[C@H]2COC[C@@H]12)N1CCCC2(CCN(c3ccccc3)C2=O)C1. The van der Waals surface area contributed by atoms with Gasteiger partial charge in [-0.1, -0.05) is 18.2 Å². The number of amides is 2. The average molecular weight is 340 g/mol. The monoisotopic (exact) mass is 340 g/mol. The van der Waals surface area contributed by atoms with Crippen molar-refractivity contribution >= 4 is 17.5 Å². The molecule has 0 radical (unpaired) electrons. The van der Waals surface area contributed by atoms with E-state index in [1.54, 1.807) is 0 Å². The predicted molar refractivity (Wildman–Crippen MR) is 92.9 cm³/mol. The Morgan fingerprint density at radius 2 is 1.84 bits per heavy atom. The Kier molecular flexibility index (Phi) is 3.42. The fourth-order valence-corrected chi connectivity index (χ4v) is 5.19. The van der Waals surface area contributed by atoms with Crippen LogP contribution in [0.1, 0.15) is 19.3 Å². The van der Waals surface area contributed by atoms with Gasteiger partial charge in [0.2, 0.25) is 11.8 Å². The first kappa shape index (κ1) is 15.4. The van der Waals surface area contributed by atoms with E-state index in [4.69, 9.17) is 4.74 Å². The van der Waals surface area contributed by atoms with Gasteiger partial charge in [-0.05, 0) is 43.2 Å². The number of hydrogen-bond donors (Lipinski definition) is 0. The van der Waals surface area contributed by atoms with Crippen LogP contribution < -0.4 is 4.90 Å². The predicted octanol–water partition coefficient (Wildman–Crippen LogP) is 1.92. The van der Waals surface area contributed by atoms with Gasteiger partial charge >= 0.3 is 0 Å². The second-order valence-electron chi connectivity index (χ2n) is 8.08. The largest absolute Gasteiger partial charge is 0.381 e. The van der Waals surface area contributed by atoms with E-state index < -0.39 is 0 Å². The minimum Gasteiger partial charge on any atom is -0.381 e. The maximum absolute atomic E-state index is 13.2. The van der Waals surface area contributed by atoms with Gasteiger partial charge in [0.15, 0.2) is 0 Å². The third kappa shape index (κ3) is 2.32. The number of para-hydroxylation sites is 1. The first-order chi connectivity index (χ1) is 12.2. The van der Waals surface area contributed by atoms with Crippen LogP contribution in [0.4, 0.5) is 5.69 Å². The number of rotatable bonds is 2. The lowest BCUT2D eigenvalue weighted by atomic mass is 9.78. The van der Waals surface area contributed by atoms with Gasteiger partial charge < -0.3 is 14.5 Å². The van der Waals surface area contributed by atoms with Crippen LogP contribution in [-0.4, -0.2) is 49.6 Å². The summed E-state index contributed by atoms with van der Waals surface area (Å²) < 4.78 is 5.42. The molecule has 1 aromatic rings. The van der Waals surface area contributed by atoms with Crippen LogP contribution >= 0.6 is 0 Å². The molecule has 132 valence electrons. The van der Waals surface area contributed by atoms with Crippen LogP contribution in [0.15, 0.2) is 30.3 Å². The molecule has 0 aromatic heterocycles. The molecule has 25 heavy (non-hydrogen) atoms. The number of nitrogens with zero attached hydrogens (tertiary/aromatic N) is 2. The minimum atomic E-state index is -0.371. The molecule has 2 amide bonds. The molecule has 1 aliphatic carbocycles. The molecule has 0 bridgehead atoms. The van der Waals surface area contributed by atoms with Crippen LogP contribution in [0.5, 0.6) is 0 Å². The summed E-state index contributed by atoms with van der Waals surface area (Å²) in [4.78, 5) is 30.0. The van der Waals surface area contributed by atoms with Crippen molar-refractivity contribution in [2.75, 3.05) is 37.7 Å². The number of ether oxygens (including phenoxy) is 1. The zero-order chi connectivity index (χ0) is 17.0. The fraction of sp³-hybridized carbons (Fsp3) is 0.600. The number of anilines is 1. The molecule has 5 nitrogen and oxygen atoms in total. The highest BCUT2D eigenvalue weighted by atomic mass is 16.5. The molecule has 3 heterocycles. The Bertz CT molecular complexity index is 696. The van der Waals surface area contributed by atoms with Crippen LogP contribution in [-0.2, 0) is 14.3 Å². The Balaban J connectivity index is 1.32. The van der Waals surface area contributed by atoms with Crippen molar-refractivity contribution in [2.24, 2.45) is 23.2 Å². The molecule has 4 atom stereocenters. The quantitative estimate of drug-likeness (QED) is 0.826. The number of carbonyl (C=O) groups excluding carboxylic acids is 2. The van der Waals surface area contributed by atoms with Crippen molar-refractivity contribution in [3.63, 3.8) is 0 Å². The molecular formula is C20H24N2O3. The van der Waals surface area contributed by atoms with Crippen molar-refractivity contribution in [1.29, 1.82) is 0 Å². The van der Waals surface area contributed by atoms with Crippen molar-refractivity contribution < 1.29 is 14.3 Å². The summed E-state index contributed by atoms with van der Waals surface area (Å²) in [6.45, 7) is 3.63. The summed E-state index contributed by atoms with van der Waals surface area (Å²) in [7, 11) is 0. The molecule has 5 heteroatoms. The summed E-state index contributed by atoms with van der Waals surface area (Å²) in [6.07, 6.45) is 2.68. The highest BCUT2D eigenvalue weighted by molar-refractivity contribution is 6.00. The zero-order valence-corrected chi connectivity index (χ0v) is 14.4. The molecule has 2 unspecified atom stereocenters. The zero-order valence-electron chi connectivity index (χ0n) is 14.4. The molecule has 4 fully saturated rings. The summed E-state index contributed by atoms with van der Waals surface area (Å²) in [5.41, 5.74) is 0.603. The number of piperidine rings is 1. The lowest BCUT2D eigenvalue weighted by molar-refractivity contribution is -0.140. The summed E-state index contributed by atoms with van der Waals surface area (Å²) in [6, 6.07) is 9.90. The van der Waals surface area contributed by atoms with Gasteiger partial charge in [-0.15, -0.1) is 0 Å². The summed E-state index contributed by atoms with van der Waals surface area (Å²) in [5, 5.41) is 0. The van der Waals surface area contributed by atoms with Crippen LogP contribution in [0, 0.1) is 23.2 Å². The van der Waals surface area contributed by atoms with E-state index in [2.05, 4.69) is 0 Å². The number of hydrogen-bond acceptors (Lipinski definition) is 3. The second kappa shape index (κ2) is 5.56. The molecule has 3 saturated heterocycles. The van der Waals surface area contributed by atoms with Crippen molar-refractivity contribution in [2.45, 2.75) is 19.3 Å². The first-order valence-corrected chi connectivity index (χ1v) is 9.43. The third-order valence-electron chi connectivity index (χ3n) is 6.71. The summed E-state index contributed by atoms with van der Waals surface area (Å²) in [5.74, 6) is 1.50. The normalized spacial score (nSPS) is 36.8. The molecule has 3 aliphatic heterocycles. The molecule has 1 spiro atoms. The molecular weight excluding hydrogens is 316 g/mol. The standard InChI is InChI=1S/C20H24N2O3/c23-18(17-15-11-25-12-16(15)17)21-9-4-7-20(13-21)8-10-22(19(20)24)14-5-2-1-3-6-14/h1-3,5-6,15-17H,4,7-13H2/t15-,16+,17?,20?. The topological polar surface area (TPSA) is 49.9 Å². The Morgan fingerprint density at radius 3 is 2.60 bits per heavy atom. The molecule has 5 rings (SSSR count). The number of fused-ring (bicyclic) bond motifs is 1. The number of carbonyl (C=O) groups is 2. The Labute approximate surface area is 147 Å². The van der Waals surface area contributed by atoms with Crippen molar-refractivity contribution in [3.8, 4) is 0 Å². The Hall–Kier alpha value is -1.88. The summed E-state index contributed by atoms with van der Waals surface area (Å²) >= 11 is 0. The maximum atomic E-state index is 13.2. The fourth-order valence-electron chi connectivity index (χ4n) is 5.19. The van der Waals surface area contributed by atoms with Gasteiger partial charge in [0, 0.05) is 31.2 Å². The molecule has 0 N–H and O–H groups in total. The minimum absolute atomic E-state index is 0.158. The van der Waals surface area contributed by atoms with E-state index in [0.29, 0.717) is 18.4 Å². The van der Waals surface area contributed by atoms with E-state index in [1.807, 2.05) is 40.1 Å². The first-order valence-electron chi connectivity index (χ1n) is 9.43. The third-order valence-corrected chi connectivity index (χ3v) is 6.71. The van der Waals surface area contributed by atoms with Gasteiger partial charge in [0.25, 0.3) is 0 Å². The van der Waals surface area contributed by atoms with E-state index in [0.717, 1.165) is 51.3 Å². The van der Waals surface area contributed by atoms with Crippen molar-refractivity contribution in [1.82, 2.24) is 4.90 Å². The van der Waals surface area contributed by atoms with Crippen molar-refractivity contribution in [3.05, 3.63) is 30.3 Å². The van der Waals surface area contributed by atoms with Gasteiger partial charge in [-0.25, -0.2) is 0 Å². The molecule has 1 aromatic carbocycles. The van der Waals surface area contributed by atoms with E-state index >= 15 is 0 Å². The van der Waals surface area contributed by atoms with E-state index in [1.165, 1.54) is 0 Å². The number of benzene rings is 1.